The molecule has 3 heteroatoms. The molecule has 0 unspecified atom stereocenters. The Kier molecular flexibility index (Phi) is 2.39. The lowest BCUT2D eigenvalue weighted by Crippen LogP contribution is -2.31. The molecule has 0 saturated heterocycles. The summed E-state index contributed by atoms with van der Waals surface area (Å²) in [4.78, 5) is 0. The van der Waals surface area contributed by atoms with E-state index in [-0.39, 0.29) is 0 Å². The van der Waals surface area contributed by atoms with Gasteiger partial charge in [0.1, 0.15) is 0 Å². The van der Waals surface area contributed by atoms with Crippen molar-refractivity contribution >= 4 is 34.0 Å². The van der Waals surface area contributed by atoms with E-state index in [2.05, 4.69) is 0 Å². The second-order valence-electron chi connectivity index (χ2n) is 2.25. The summed E-state index contributed by atoms with van der Waals surface area (Å²) in [5, 5.41) is 1.07. The summed E-state index contributed by atoms with van der Waals surface area (Å²) < 4.78 is 0. The van der Waals surface area contributed by atoms with Crippen LogP contribution in [-0.4, -0.2) is 6.69 Å². The van der Waals surface area contributed by atoms with Crippen LogP contribution in [0.15, 0.2) is 30.3 Å². The third kappa shape index (κ3) is 2.01. The molecule has 1 aromatic rings. The Labute approximate surface area is 71.2 Å². The number of hydrogen-bond donors (Lipinski definition) is 0. The zero-order valence-electron chi connectivity index (χ0n) is 5.64. The second-order valence-corrected chi connectivity index (χ2v) is 9.72. The Morgan fingerprint density at radius 1 is 1.10 bits per heavy atom. The number of benzene rings is 1. The van der Waals surface area contributed by atoms with E-state index in [1.807, 2.05) is 36.9 Å². The third-order valence-corrected chi connectivity index (χ3v) is 3.94. The molecule has 0 N–H and O–H groups in total. The van der Waals surface area contributed by atoms with Crippen molar-refractivity contribution in [3.8, 4) is 0 Å². The summed E-state index contributed by atoms with van der Waals surface area (Å²) in [5.41, 5.74) is 0. The number of hydrogen-bond acceptors (Lipinski definition) is 0. The van der Waals surface area contributed by atoms with E-state index in [9.17, 15) is 0 Å². The molecule has 0 aromatic heterocycles. The maximum atomic E-state index is 5.96. The second kappa shape index (κ2) is 2.95. The minimum Gasteiger partial charge on any atom is -0.140 e. The molecule has 0 aliphatic heterocycles. The molecule has 0 aliphatic rings. The highest BCUT2D eigenvalue weighted by molar-refractivity contribution is 7.50. The van der Waals surface area contributed by atoms with Crippen LogP contribution in [0.3, 0.4) is 0 Å². The molecule has 0 spiro atoms. The van der Waals surface area contributed by atoms with E-state index in [1.54, 1.807) is 0 Å². The molecule has 0 atom stereocenters. The van der Waals surface area contributed by atoms with Crippen LogP contribution in [0.1, 0.15) is 0 Å². The van der Waals surface area contributed by atoms with Gasteiger partial charge >= 0.3 is 0 Å². The van der Waals surface area contributed by atoms with Gasteiger partial charge in [-0.2, -0.15) is 0 Å². The molecule has 0 radical (unpaired) electrons. The number of halogens is 2. The van der Waals surface area contributed by atoms with Gasteiger partial charge in [-0.25, -0.2) is 0 Å². The van der Waals surface area contributed by atoms with Crippen LogP contribution < -0.4 is 5.19 Å². The van der Waals surface area contributed by atoms with Crippen LogP contribution in [-0.2, 0) is 0 Å². The predicted octanol–water partition coefficient (Wildman–Crippen LogP) is 2.44. The number of rotatable bonds is 1. The Hall–Kier alpha value is 0.0169. The summed E-state index contributed by atoms with van der Waals surface area (Å²) in [5.74, 6) is 0. The van der Waals surface area contributed by atoms with Crippen LogP contribution in [0, 0.1) is 0 Å². The van der Waals surface area contributed by atoms with Crippen LogP contribution in [0.25, 0.3) is 0 Å². The van der Waals surface area contributed by atoms with Crippen molar-refractivity contribution in [3.05, 3.63) is 30.3 Å². The molecule has 1 rings (SSSR count). The standard InChI is InChI=1S/C7H8Cl2Si/c1-10(8,9)7-5-3-2-4-6-7/h2-6H,1H3. The highest BCUT2D eigenvalue weighted by atomic mass is 35.7. The van der Waals surface area contributed by atoms with Gasteiger partial charge in [0, 0.05) is 0 Å². The van der Waals surface area contributed by atoms with E-state index >= 15 is 0 Å². The molecular formula is C7H8Cl2Si. The van der Waals surface area contributed by atoms with Gasteiger partial charge in [0.25, 0.3) is 6.69 Å². The molecule has 0 amide bonds. The van der Waals surface area contributed by atoms with Crippen molar-refractivity contribution in [1.29, 1.82) is 0 Å². The highest BCUT2D eigenvalue weighted by Crippen LogP contribution is 2.12. The topological polar surface area (TPSA) is 0 Å². The summed E-state index contributed by atoms with van der Waals surface area (Å²) in [7, 11) is 0. The fourth-order valence-corrected chi connectivity index (χ4v) is 2.26. The van der Waals surface area contributed by atoms with Gasteiger partial charge in [-0.3, -0.25) is 0 Å². The van der Waals surface area contributed by atoms with Crippen molar-refractivity contribution in [3.63, 3.8) is 0 Å². The monoisotopic (exact) mass is 190 g/mol. The summed E-state index contributed by atoms with van der Waals surface area (Å²) >= 11 is 11.9. The first-order valence-corrected chi connectivity index (χ1v) is 7.56. The molecular weight excluding hydrogens is 183 g/mol. The highest BCUT2D eigenvalue weighted by Gasteiger charge is 2.22. The van der Waals surface area contributed by atoms with Crippen LogP contribution in [0.4, 0.5) is 0 Å². The first kappa shape index (κ1) is 8.12. The van der Waals surface area contributed by atoms with Crippen molar-refractivity contribution < 1.29 is 0 Å². The quantitative estimate of drug-likeness (QED) is 0.472. The minimum absolute atomic E-state index is 1.07. The van der Waals surface area contributed by atoms with Gasteiger partial charge in [-0.1, -0.05) is 30.3 Å². The molecule has 0 nitrogen and oxygen atoms in total. The summed E-state index contributed by atoms with van der Waals surface area (Å²) in [6.45, 7) is -0.195. The van der Waals surface area contributed by atoms with Gasteiger partial charge in [0.2, 0.25) is 0 Å². The lowest BCUT2D eigenvalue weighted by Gasteiger charge is -2.08. The Morgan fingerprint density at radius 3 is 1.90 bits per heavy atom. The fourth-order valence-electron chi connectivity index (χ4n) is 0.731. The average molecular weight is 191 g/mol. The van der Waals surface area contributed by atoms with Gasteiger partial charge in [0.15, 0.2) is 0 Å². The van der Waals surface area contributed by atoms with E-state index < -0.39 is 6.69 Å². The lowest BCUT2D eigenvalue weighted by molar-refractivity contribution is 1.76. The largest absolute Gasteiger partial charge is 0.277 e. The Balaban J connectivity index is 2.97. The maximum Gasteiger partial charge on any atom is 0.277 e. The van der Waals surface area contributed by atoms with Crippen LogP contribution in [0.5, 0.6) is 0 Å². The van der Waals surface area contributed by atoms with Crippen molar-refractivity contribution in [1.82, 2.24) is 0 Å². The molecule has 1 aromatic carbocycles. The average Bonchev–Trinajstić information content (AvgIpc) is 1.88. The molecule has 0 aliphatic carbocycles. The fraction of sp³-hybridized carbons (Fsp3) is 0.143. The van der Waals surface area contributed by atoms with Crippen LogP contribution in [0.2, 0.25) is 6.55 Å². The maximum absolute atomic E-state index is 5.96. The van der Waals surface area contributed by atoms with Gasteiger partial charge in [0.05, 0.1) is 0 Å². The molecule has 54 valence electrons. The summed E-state index contributed by atoms with van der Waals surface area (Å²) in [6.07, 6.45) is 0. The van der Waals surface area contributed by atoms with E-state index in [4.69, 9.17) is 22.2 Å². The molecule has 0 saturated carbocycles. The van der Waals surface area contributed by atoms with E-state index in [0.29, 0.717) is 0 Å². The van der Waals surface area contributed by atoms with Crippen molar-refractivity contribution in [2.75, 3.05) is 0 Å². The third-order valence-electron chi connectivity index (χ3n) is 1.28. The zero-order valence-corrected chi connectivity index (χ0v) is 8.15. The van der Waals surface area contributed by atoms with Gasteiger partial charge in [-0.15, -0.1) is 22.2 Å². The van der Waals surface area contributed by atoms with Crippen LogP contribution >= 0.6 is 22.2 Å². The summed E-state index contributed by atoms with van der Waals surface area (Å²) in [6, 6.07) is 9.78. The van der Waals surface area contributed by atoms with Crippen molar-refractivity contribution in [2.45, 2.75) is 6.55 Å². The zero-order chi connectivity index (χ0) is 7.61. The smallest absolute Gasteiger partial charge is 0.140 e. The molecule has 0 fully saturated rings. The van der Waals surface area contributed by atoms with Crippen molar-refractivity contribution in [2.24, 2.45) is 0 Å². The lowest BCUT2D eigenvalue weighted by atomic mass is 10.4. The Morgan fingerprint density at radius 2 is 1.60 bits per heavy atom. The minimum atomic E-state index is -2.09. The normalized spacial score (nSPS) is 11.5. The molecule has 0 heterocycles. The van der Waals surface area contributed by atoms with Gasteiger partial charge < -0.3 is 0 Å². The van der Waals surface area contributed by atoms with E-state index in [1.165, 1.54) is 0 Å². The van der Waals surface area contributed by atoms with Gasteiger partial charge in [-0.05, 0) is 11.7 Å². The SMILES string of the molecule is C[Si](Cl)(Cl)c1ccccc1. The first-order valence-electron chi connectivity index (χ1n) is 3.04. The molecule has 10 heavy (non-hydrogen) atoms. The first-order chi connectivity index (χ1) is 4.61. The molecule has 0 bridgehead atoms. The Bertz CT molecular complexity index is 203. The predicted molar refractivity (Wildman–Crippen MR) is 49.4 cm³/mol. The van der Waals surface area contributed by atoms with E-state index in [0.717, 1.165) is 5.19 Å².